The second-order valence-electron chi connectivity index (χ2n) is 9.17. The van der Waals surface area contributed by atoms with Crippen LogP contribution in [0.15, 0.2) is 66.7 Å². The number of methoxy groups -OCH3 is 3. The normalized spacial score (nSPS) is 14.3. The average molecular weight is 531 g/mol. The zero-order chi connectivity index (χ0) is 27.6. The van der Waals surface area contributed by atoms with Gasteiger partial charge in [-0.3, -0.25) is 4.90 Å². The average Bonchev–Trinajstić information content (AvgIpc) is 2.99. The van der Waals surface area contributed by atoms with Crippen LogP contribution < -0.4 is 19.5 Å². The molecular weight excluding hydrogens is 496 g/mol. The van der Waals surface area contributed by atoms with E-state index in [2.05, 4.69) is 16.3 Å². The molecule has 0 saturated carbocycles. The summed E-state index contributed by atoms with van der Waals surface area (Å²) in [6.07, 6.45) is -0.197. The molecule has 0 unspecified atom stereocenters. The Labute approximate surface area is 229 Å². The van der Waals surface area contributed by atoms with Crippen LogP contribution in [0.4, 0.5) is 10.5 Å². The lowest BCUT2D eigenvalue weighted by atomic mass is 10.1. The monoisotopic (exact) mass is 530 g/mol. The molecule has 1 saturated heterocycles. The molecule has 1 aliphatic heterocycles. The third kappa shape index (κ3) is 7.41. The maximum atomic E-state index is 13.0. The second-order valence-corrected chi connectivity index (χ2v) is 9.17. The van der Waals surface area contributed by atoms with Crippen molar-refractivity contribution in [1.29, 1.82) is 5.26 Å². The van der Waals surface area contributed by atoms with Gasteiger partial charge in [0.2, 0.25) is 0 Å². The quantitative estimate of drug-likeness (QED) is 0.406. The van der Waals surface area contributed by atoms with Gasteiger partial charge in [-0.25, -0.2) is 4.79 Å². The van der Waals surface area contributed by atoms with E-state index in [1.54, 1.807) is 56.6 Å². The molecule has 204 valence electrons. The fourth-order valence-electron chi connectivity index (χ4n) is 4.44. The standard InChI is InChI=1S/C30H34N4O5/c1-36-25-6-4-5-24(17-25)29(39-21-23-9-7-22(19-31)8-10-23)20-33-13-15-34(16-14-33)30(35)32-27-18-26(37-2)11-12-28(27)38-3/h4-12,17-18,29H,13-16,20-21H2,1-3H3,(H,32,35)/t29-/m0/s1. The lowest BCUT2D eigenvalue weighted by molar-refractivity contribution is 0.00584. The fraction of sp³-hybridized carbons (Fsp3) is 0.333. The fourth-order valence-corrected chi connectivity index (χ4v) is 4.44. The highest BCUT2D eigenvalue weighted by Gasteiger charge is 2.25. The van der Waals surface area contributed by atoms with E-state index in [4.69, 9.17) is 24.2 Å². The Morgan fingerprint density at radius 3 is 2.31 bits per heavy atom. The predicted molar refractivity (Wildman–Crippen MR) is 148 cm³/mol. The Morgan fingerprint density at radius 2 is 1.64 bits per heavy atom. The number of urea groups is 1. The highest BCUT2D eigenvalue weighted by atomic mass is 16.5. The molecule has 0 aliphatic carbocycles. The van der Waals surface area contributed by atoms with Gasteiger partial charge in [0.05, 0.1) is 51.4 Å². The van der Waals surface area contributed by atoms with E-state index in [0.29, 0.717) is 62.1 Å². The zero-order valence-electron chi connectivity index (χ0n) is 22.6. The van der Waals surface area contributed by atoms with E-state index in [-0.39, 0.29) is 12.1 Å². The molecule has 0 spiro atoms. The van der Waals surface area contributed by atoms with Crippen molar-refractivity contribution in [3.63, 3.8) is 0 Å². The van der Waals surface area contributed by atoms with Gasteiger partial charge in [-0.2, -0.15) is 5.26 Å². The summed E-state index contributed by atoms with van der Waals surface area (Å²) >= 11 is 0. The van der Waals surface area contributed by atoms with Gasteiger partial charge >= 0.3 is 6.03 Å². The van der Waals surface area contributed by atoms with Gasteiger partial charge in [0.1, 0.15) is 17.2 Å². The van der Waals surface area contributed by atoms with E-state index in [1.807, 2.05) is 36.4 Å². The van der Waals surface area contributed by atoms with E-state index in [0.717, 1.165) is 16.9 Å². The summed E-state index contributed by atoms with van der Waals surface area (Å²) in [5, 5.41) is 12.0. The number of nitrogens with zero attached hydrogens (tertiary/aromatic N) is 3. The highest BCUT2D eigenvalue weighted by molar-refractivity contribution is 5.91. The first kappa shape index (κ1) is 27.8. The van der Waals surface area contributed by atoms with E-state index in [9.17, 15) is 4.79 Å². The molecule has 1 atom stereocenters. The molecule has 1 aliphatic rings. The third-order valence-corrected chi connectivity index (χ3v) is 6.73. The van der Waals surface area contributed by atoms with Crippen molar-refractivity contribution < 1.29 is 23.7 Å². The summed E-state index contributed by atoms with van der Waals surface area (Å²) in [7, 11) is 4.80. The number of piperazine rings is 1. The van der Waals surface area contributed by atoms with Crippen molar-refractivity contribution in [2.24, 2.45) is 0 Å². The molecule has 9 nitrogen and oxygen atoms in total. The van der Waals surface area contributed by atoms with Crippen molar-refractivity contribution in [2.45, 2.75) is 12.7 Å². The van der Waals surface area contributed by atoms with E-state index in [1.165, 1.54) is 0 Å². The lowest BCUT2D eigenvalue weighted by Gasteiger charge is -2.36. The Balaban J connectivity index is 1.38. The van der Waals surface area contributed by atoms with E-state index >= 15 is 0 Å². The number of carbonyl (C=O) groups excluding carboxylic acids is 1. The molecule has 4 rings (SSSR count). The number of ether oxygens (including phenoxy) is 4. The number of hydrogen-bond acceptors (Lipinski definition) is 7. The molecule has 0 radical (unpaired) electrons. The molecule has 1 heterocycles. The van der Waals surface area contributed by atoms with E-state index < -0.39 is 0 Å². The maximum Gasteiger partial charge on any atom is 0.322 e. The van der Waals surface area contributed by atoms with Crippen molar-refractivity contribution in [1.82, 2.24) is 9.80 Å². The molecule has 2 amide bonds. The molecule has 1 N–H and O–H groups in total. The van der Waals surface area contributed by atoms with Gasteiger partial charge in [0, 0.05) is 38.8 Å². The van der Waals surface area contributed by atoms with Crippen molar-refractivity contribution in [2.75, 3.05) is 59.4 Å². The molecule has 0 aromatic heterocycles. The van der Waals surface area contributed by atoms with Gasteiger partial charge in [0.25, 0.3) is 0 Å². The van der Waals surface area contributed by atoms with Crippen LogP contribution in [0.3, 0.4) is 0 Å². The number of carbonyl (C=O) groups is 1. The molecule has 39 heavy (non-hydrogen) atoms. The van der Waals surface area contributed by atoms with Gasteiger partial charge in [-0.15, -0.1) is 0 Å². The van der Waals surface area contributed by atoms with Crippen LogP contribution in [0.1, 0.15) is 22.8 Å². The summed E-state index contributed by atoms with van der Waals surface area (Å²) in [6, 6.07) is 22.6. The van der Waals surface area contributed by atoms with Crippen LogP contribution in [0.5, 0.6) is 17.2 Å². The number of benzene rings is 3. The molecule has 9 heteroatoms. The first-order chi connectivity index (χ1) is 19.0. The van der Waals surface area contributed by atoms with Crippen LogP contribution >= 0.6 is 0 Å². The van der Waals surface area contributed by atoms with Crippen LogP contribution in [0, 0.1) is 11.3 Å². The van der Waals surface area contributed by atoms with Gasteiger partial charge in [0.15, 0.2) is 0 Å². The molecule has 3 aromatic rings. The number of anilines is 1. The molecule has 3 aromatic carbocycles. The predicted octanol–water partition coefficient (Wildman–Crippen LogP) is 4.69. The zero-order valence-corrected chi connectivity index (χ0v) is 22.6. The third-order valence-electron chi connectivity index (χ3n) is 6.73. The molecule has 0 bridgehead atoms. The SMILES string of the molecule is COc1cccc([C@H](CN2CCN(C(=O)Nc3cc(OC)ccc3OC)CC2)OCc2ccc(C#N)cc2)c1. The van der Waals surface area contributed by atoms with Crippen LogP contribution in [-0.4, -0.2) is 69.9 Å². The van der Waals surface area contributed by atoms with Crippen LogP contribution in [0.2, 0.25) is 0 Å². The number of hydrogen-bond donors (Lipinski definition) is 1. The summed E-state index contributed by atoms with van der Waals surface area (Å²) in [6.45, 7) is 3.67. The minimum atomic E-state index is -0.197. The van der Waals surface area contributed by atoms with Crippen molar-refractivity contribution in [3.05, 3.63) is 83.4 Å². The summed E-state index contributed by atoms with van der Waals surface area (Å²) < 4.78 is 22.5. The topological polar surface area (TPSA) is 96.3 Å². The highest BCUT2D eigenvalue weighted by Crippen LogP contribution is 2.29. The smallest absolute Gasteiger partial charge is 0.322 e. The van der Waals surface area contributed by atoms with Crippen LogP contribution in [0.25, 0.3) is 0 Å². The Kier molecular flexibility index (Phi) is 9.62. The molecular formula is C30H34N4O5. The van der Waals surface area contributed by atoms with Gasteiger partial charge in [-0.05, 0) is 47.5 Å². The number of amides is 2. The Morgan fingerprint density at radius 1 is 0.923 bits per heavy atom. The molecule has 1 fully saturated rings. The summed E-state index contributed by atoms with van der Waals surface area (Å²) in [5.41, 5.74) is 3.21. The number of rotatable bonds is 10. The van der Waals surface area contributed by atoms with Crippen LogP contribution in [-0.2, 0) is 11.3 Å². The Bertz CT molecular complexity index is 1280. The van der Waals surface area contributed by atoms with Crippen molar-refractivity contribution >= 4 is 11.7 Å². The summed E-state index contributed by atoms with van der Waals surface area (Å²) in [5.74, 6) is 1.98. The minimum Gasteiger partial charge on any atom is -0.497 e. The first-order valence-electron chi connectivity index (χ1n) is 12.8. The lowest BCUT2D eigenvalue weighted by Crippen LogP contribution is -2.50. The largest absolute Gasteiger partial charge is 0.497 e. The summed E-state index contributed by atoms with van der Waals surface area (Å²) in [4.78, 5) is 17.1. The Hall–Kier alpha value is -4.26. The maximum absolute atomic E-state index is 13.0. The van der Waals surface area contributed by atoms with Gasteiger partial charge in [-0.1, -0.05) is 24.3 Å². The van der Waals surface area contributed by atoms with Crippen molar-refractivity contribution in [3.8, 4) is 23.3 Å². The van der Waals surface area contributed by atoms with Gasteiger partial charge < -0.3 is 29.2 Å². The minimum absolute atomic E-state index is 0.178. The number of nitriles is 1. The number of nitrogens with one attached hydrogen (secondary N) is 1. The second kappa shape index (κ2) is 13.5. The first-order valence-corrected chi connectivity index (χ1v) is 12.8.